The summed E-state index contributed by atoms with van der Waals surface area (Å²) in [5.41, 5.74) is 0. The number of carbonyl (C=O) groups excluding carboxylic acids is 2. The van der Waals surface area contributed by atoms with Gasteiger partial charge in [0.2, 0.25) is 11.8 Å². The van der Waals surface area contributed by atoms with Gasteiger partial charge in [-0.2, -0.15) is 11.8 Å². The second-order valence-electron chi connectivity index (χ2n) is 3.38. The Morgan fingerprint density at radius 3 is 2.87 bits per heavy atom. The van der Waals surface area contributed by atoms with Crippen LogP contribution in [0.4, 0.5) is 0 Å². The van der Waals surface area contributed by atoms with E-state index in [4.69, 9.17) is 0 Å². The predicted molar refractivity (Wildman–Crippen MR) is 60.8 cm³/mol. The summed E-state index contributed by atoms with van der Waals surface area (Å²) in [6, 6.07) is 0.244. The lowest BCUT2D eigenvalue weighted by Gasteiger charge is -2.22. The first-order chi connectivity index (χ1) is 7.22. The zero-order valence-electron chi connectivity index (χ0n) is 8.84. The van der Waals surface area contributed by atoms with E-state index in [2.05, 4.69) is 16.0 Å². The first kappa shape index (κ1) is 12.3. The van der Waals surface area contributed by atoms with Crippen LogP contribution in [-0.4, -0.2) is 49.5 Å². The highest BCUT2D eigenvalue weighted by molar-refractivity contribution is 7.99. The number of carbonyl (C=O) groups is 2. The van der Waals surface area contributed by atoms with Crippen LogP contribution in [0.2, 0.25) is 0 Å². The highest BCUT2D eigenvalue weighted by Crippen LogP contribution is 2.09. The molecule has 0 bridgehead atoms. The Morgan fingerprint density at radius 2 is 2.27 bits per heavy atom. The number of amides is 2. The SMILES string of the molecule is CNC(=O)CNC(=O)CC1CSCCN1. The predicted octanol–water partition coefficient (Wildman–Crippen LogP) is -1.06. The fourth-order valence-electron chi connectivity index (χ4n) is 1.31. The maximum Gasteiger partial charge on any atom is 0.239 e. The van der Waals surface area contributed by atoms with Gasteiger partial charge in [0.1, 0.15) is 0 Å². The Bertz CT molecular complexity index is 229. The van der Waals surface area contributed by atoms with Gasteiger partial charge in [0.25, 0.3) is 0 Å². The normalized spacial score (nSPS) is 20.7. The van der Waals surface area contributed by atoms with Crippen molar-refractivity contribution < 1.29 is 9.59 Å². The van der Waals surface area contributed by atoms with Gasteiger partial charge in [-0.3, -0.25) is 9.59 Å². The first-order valence-electron chi connectivity index (χ1n) is 5.00. The fraction of sp³-hybridized carbons (Fsp3) is 0.778. The molecule has 1 saturated heterocycles. The molecule has 2 amide bonds. The molecule has 6 heteroatoms. The molecule has 0 aromatic rings. The van der Waals surface area contributed by atoms with E-state index in [0.29, 0.717) is 6.42 Å². The van der Waals surface area contributed by atoms with Crippen LogP contribution in [0.3, 0.4) is 0 Å². The fourth-order valence-corrected chi connectivity index (χ4v) is 2.26. The largest absolute Gasteiger partial charge is 0.358 e. The second kappa shape index (κ2) is 6.68. The van der Waals surface area contributed by atoms with E-state index in [1.165, 1.54) is 0 Å². The molecule has 1 atom stereocenters. The van der Waals surface area contributed by atoms with Crippen molar-refractivity contribution in [1.82, 2.24) is 16.0 Å². The second-order valence-corrected chi connectivity index (χ2v) is 4.53. The highest BCUT2D eigenvalue weighted by Gasteiger charge is 2.16. The molecular formula is C9H17N3O2S. The maximum absolute atomic E-state index is 11.4. The number of likely N-dealkylation sites (N-methyl/N-ethyl adjacent to an activating group) is 1. The third-order valence-corrected chi connectivity index (χ3v) is 3.29. The molecule has 1 unspecified atom stereocenters. The third-order valence-electron chi connectivity index (χ3n) is 2.16. The lowest BCUT2D eigenvalue weighted by molar-refractivity contribution is -0.126. The van der Waals surface area contributed by atoms with Crippen LogP contribution >= 0.6 is 11.8 Å². The monoisotopic (exact) mass is 231 g/mol. The molecule has 1 fully saturated rings. The van der Waals surface area contributed by atoms with Gasteiger partial charge in [0, 0.05) is 37.6 Å². The molecule has 1 aliphatic heterocycles. The third kappa shape index (κ3) is 5.03. The molecule has 0 aromatic heterocycles. The van der Waals surface area contributed by atoms with Crippen molar-refractivity contribution in [2.75, 3.05) is 31.6 Å². The smallest absolute Gasteiger partial charge is 0.239 e. The van der Waals surface area contributed by atoms with Crippen LogP contribution in [0.1, 0.15) is 6.42 Å². The van der Waals surface area contributed by atoms with E-state index in [1.54, 1.807) is 7.05 Å². The zero-order chi connectivity index (χ0) is 11.1. The number of thioether (sulfide) groups is 1. The number of hydrogen-bond donors (Lipinski definition) is 3. The van der Waals surface area contributed by atoms with Crippen molar-refractivity contribution in [3.63, 3.8) is 0 Å². The lowest BCUT2D eigenvalue weighted by atomic mass is 10.2. The molecule has 86 valence electrons. The summed E-state index contributed by atoms with van der Waals surface area (Å²) in [5, 5.41) is 8.30. The van der Waals surface area contributed by atoms with Crippen LogP contribution in [0, 0.1) is 0 Å². The van der Waals surface area contributed by atoms with Crippen molar-refractivity contribution in [2.45, 2.75) is 12.5 Å². The summed E-state index contributed by atoms with van der Waals surface area (Å²) in [4.78, 5) is 22.3. The van der Waals surface area contributed by atoms with Crippen LogP contribution in [0.5, 0.6) is 0 Å². The number of nitrogens with one attached hydrogen (secondary N) is 3. The Hall–Kier alpha value is -0.750. The molecule has 15 heavy (non-hydrogen) atoms. The molecule has 1 aliphatic rings. The van der Waals surface area contributed by atoms with Gasteiger partial charge in [-0.05, 0) is 0 Å². The average molecular weight is 231 g/mol. The highest BCUT2D eigenvalue weighted by atomic mass is 32.2. The van der Waals surface area contributed by atoms with Crippen LogP contribution in [0.25, 0.3) is 0 Å². The summed E-state index contributed by atoms with van der Waals surface area (Å²) < 4.78 is 0. The summed E-state index contributed by atoms with van der Waals surface area (Å²) in [5.74, 6) is 1.83. The van der Waals surface area contributed by atoms with Gasteiger partial charge >= 0.3 is 0 Å². The van der Waals surface area contributed by atoms with Gasteiger partial charge < -0.3 is 16.0 Å². The Labute approximate surface area is 93.7 Å². The van der Waals surface area contributed by atoms with Crippen molar-refractivity contribution in [1.29, 1.82) is 0 Å². The van der Waals surface area contributed by atoms with Gasteiger partial charge in [-0.15, -0.1) is 0 Å². The van der Waals surface area contributed by atoms with Crippen molar-refractivity contribution in [3.05, 3.63) is 0 Å². The molecule has 0 aromatic carbocycles. The van der Waals surface area contributed by atoms with Gasteiger partial charge in [-0.1, -0.05) is 0 Å². The Balaban J connectivity index is 2.14. The topological polar surface area (TPSA) is 70.2 Å². The summed E-state index contributed by atoms with van der Waals surface area (Å²) in [6.07, 6.45) is 0.448. The Morgan fingerprint density at radius 1 is 1.47 bits per heavy atom. The van der Waals surface area contributed by atoms with Crippen LogP contribution in [0.15, 0.2) is 0 Å². The lowest BCUT2D eigenvalue weighted by Crippen LogP contribution is -2.43. The molecule has 0 aliphatic carbocycles. The van der Waals surface area contributed by atoms with Crippen LogP contribution < -0.4 is 16.0 Å². The summed E-state index contributed by atoms with van der Waals surface area (Å²) in [7, 11) is 1.55. The van der Waals surface area contributed by atoms with Gasteiger partial charge in [0.15, 0.2) is 0 Å². The van der Waals surface area contributed by atoms with E-state index >= 15 is 0 Å². The minimum atomic E-state index is -0.172. The number of hydrogen-bond acceptors (Lipinski definition) is 4. The summed E-state index contributed by atoms with van der Waals surface area (Å²) >= 11 is 1.85. The average Bonchev–Trinajstić information content (AvgIpc) is 2.27. The van der Waals surface area contributed by atoms with Crippen molar-refractivity contribution in [3.8, 4) is 0 Å². The van der Waals surface area contributed by atoms with Gasteiger partial charge in [-0.25, -0.2) is 0 Å². The van der Waals surface area contributed by atoms with E-state index in [9.17, 15) is 9.59 Å². The van der Waals surface area contributed by atoms with E-state index in [0.717, 1.165) is 18.1 Å². The minimum Gasteiger partial charge on any atom is -0.358 e. The van der Waals surface area contributed by atoms with Gasteiger partial charge in [0.05, 0.1) is 6.54 Å². The molecule has 3 N–H and O–H groups in total. The quantitative estimate of drug-likeness (QED) is 0.577. The maximum atomic E-state index is 11.4. The Kier molecular flexibility index (Phi) is 5.49. The standard InChI is InChI=1S/C9H17N3O2S/c1-10-9(14)5-12-8(13)4-7-6-15-3-2-11-7/h7,11H,2-6H2,1H3,(H,10,14)(H,12,13). The molecule has 0 saturated carbocycles. The van der Waals surface area contributed by atoms with E-state index < -0.39 is 0 Å². The van der Waals surface area contributed by atoms with E-state index in [1.807, 2.05) is 11.8 Å². The molecular weight excluding hydrogens is 214 g/mol. The van der Waals surface area contributed by atoms with Crippen molar-refractivity contribution >= 4 is 23.6 Å². The van der Waals surface area contributed by atoms with E-state index in [-0.39, 0.29) is 24.4 Å². The molecule has 5 nitrogen and oxygen atoms in total. The molecule has 0 spiro atoms. The van der Waals surface area contributed by atoms with Crippen molar-refractivity contribution in [2.24, 2.45) is 0 Å². The first-order valence-corrected chi connectivity index (χ1v) is 6.16. The summed E-state index contributed by atoms with van der Waals surface area (Å²) in [6.45, 7) is 1.02. The minimum absolute atomic E-state index is 0.0647. The molecule has 0 radical (unpaired) electrons. The molecule has 1 rings (SSSR count). The number of rotatable bonds is 4. The van der Waals surface area contributed by atoms with Crippen LogP contribution in [-0.2, 0) is 9.59 Å². The zero-order valence-corrected chi connectivity index (χ0v) is 9.65. The molecule has 1 heterocycles.